The van der Waals surface area contributed by atoms with Crippen LogP contribution in [0.3, 0.4) is 0 Å². The molecule has 0 aromatic heterocycles. The van der Waals surface area contributed by atoms with E-state index in [0.717, 1.165) is 50.6 Å². The molecule has 0 bridgehead atoms. The molecule has 4 fully saturated rings. The molecule has 0 N–H and O–H groups in total. The summed E-state index contributed by atoms with van der Waals surface area (Å²) in [5.74, 6) is 0. The standard InChI is InChI=1S/C12H25NO2S.C11H22N2O.C11H22N2S.C11H23NO2S/c1-11(2,3)10-8-7-9-13(12(4,5)6)16(10,14)15;2*1-10(2,3)12-7-8-13(9(12)14)11(4,5)6;1-10(2,3)9-7-8-12(11(4,5)6)15(9,13)14/h10H,7-9H2,1-6H3;2*7-8H2,1-6H3;9H,7-8H2,1-6H3. The summed E-state index contributed by atoms with van der Waals surface area (Å²) in [6.45, 7) is 54.7. The summed E-state index contributed by atoms with van der Waals surface area (Å²) in [5.41, 5.74) is -0.758. The second-order valence-electron chi connectivity index (χ2n) is 25.1. The van der Waals surface area contributed by atoms with Crippen molar-refractivity contribution in [1.29, 1.82) is 0 Å². The summed E-state index contributed by atoms with van der Waals surface area (Å²) in [7, 11) is -6.26. The summed E-state index contributed by atoms with van der Waals surface area (Å²) in [5, 5.41) is 0.530. The number of thiocarbonyl (C=S) groups is 1. The van der Waals surface area contributed by atoms with E-state index in [1.54, 1.807) is 8.61 Å². The average Bonchev–Trinajstić information content (AvgIpc) is 3.65. The Balaban J connectivity index is 0.000000394. The maximum Gasteiger partial charge on any atom is 0.320 e. The van der Waals surface area contributed by atoms with Gasteiger partial charge in [0.05, 0.1) is 10.5 Å². The number of amides is 2. The summed E-state index contributed by atoms with van der Waals surface area (Å²) < 4.78 is 53.0. The molecule has 350 valence electrons. The summed E-state index contributed by atoms with van der Waals surface area (Å²) in [4.78, 5) is 20.6. The zero-order chi connectivity index (χ0) is 47.1. The van der Waals surface area contributed by atoms with E-state index >= 15 is 0 Å². The molecule has 0 aromatic carbocycles. The lowest BCUT2D eigenvalue weighted by atomic mass is 9.89. The first-order valence-corrected chi connectivity index (χ1v) is 25.4. The highest BCUT2D eigenvalue weighted by Crippen LogP contribution is 2.39. The maximum absolute atomic E-state index is 12.5. The SMILES string of the molecule is CC(C)(C)C1CCCN(C(C)(C)C)S1(=O)=O.CC(C)(C)C1CCN(C(C)(C)C)S1(=O)=O.CC(C)(C)N1CCN(C(C)(C)C)C1=O.CC(C)(C)N1CCN(C(C)(C)C)C1=S. The minimum Gasteiger partial charge on any atom is -0.343 e. The molecule has 4 saturated heterocycles. The lowest BCUT2D eigenvalue weighted by molar-refractivity contribution is 0.133. The monoisotopic (exact) mass is 893 g/mol. The Morgan fingerprint density at radius 2 is 0.678 bits per heavy atom. The number of sulfonamides is 2. The number of nitrogens with zero attached hydrogens (tertiary/aromatic N) is 6. The van der Waals surface area contributed by atoms with Crippen LogP contribution in [0.25, 0.3) is 0 Å². The van der Waals surface area contributed by atoms with Crippen LogP contribution in [0.1, 0.15) is 185 Å². The molecular formula is C45H92N6O5S3. The van der Waals surface area contributed by atoms with Crippen LogP contribution in [0, 0.1) is 10.8 Å². The molecule has 0 saturated carbocycles. The molecule has 4 heterocycles. The molecule has 0 aliphatic carbocycles. The summed E-state index contributed by atoms with van der Waals surface area (Å²) >= 11 is 5.51. The quantitative estimate of drug-likeness (QED) is 0.222. The van der Waals surface area contributed by atoms with Gasteiger partial charge in [0.15, 0.2) is 5.11 Å². The van der Waals surface area contributed by atoms with E-state index in [2.05, 4.69) is 92.9 Å². The van der Waals surface area contributed by atoms with E-state index in [1.807, 2.05) is 92.9 Å². The third kappa shape index (κ3) is 14.7. The average molecular weight is 893 g/mol. The minimum atomic E-state index is -3.15. The van der Waals surface area contributed by atoms with Gasteiger partial charge in [-0.3, -0.25) is 0 Å². The van der Waals surface area contributed by atoms with Crippen molar-refractivity contribution in [2.75, 3.05) is 39.3 Å². The number of rotatable bonds is 0. The second-order valence-corrected chi connectivity index (χ2v) is 29.5. The Hall–Kier alpha value is -1.22. The Morgan fingerprint density at radius 3 is 0.881 bits per heavy atom. The van der Waals surface area contributed by atoms with Gasteiger partial charge < -0.3 is 19.6 Å². The van der Waals surface area contributed by atoms with Crippen LogP contribution >= 0.6 is 12.2 Å². The first-order chi connectivity index (χ1) is 25.7. The molecule has 4 rings (SSSR count). The molecule has 0 aromatic rings. The predicted octanol–water partition coefficient (Wildman–Crippen LogP) is 9.67. The third-order valence-electron chi connectivity index (χ3n) is 11.4. The van der Waals surface area contributed by atoms with Gasteiger partial charge in [-0.15, -0.1) is 0 Å². The van der Waals surface area contributed by atoms with E-state index in [4.69, 9.17) is 12.2 Å². The zero-order valence-electron chi connectivity index (χ0n) is 42.5. The van der Waals surface area contributed by atoms with Crippen LogP contribution in [0.15, 0.2) is 0 Å². The fraction of sp³-hybridized carbons (Fsp3) is 0.956. The molecule has 14 heteroatoms. The Labute approximate surface area is 370 Å². The van der Waals surface area contributed by atoms with Crippen LogP contribution in [-0.2, 0) is 20.0 Å². The Kier molecular flexibility index (Phi) is 17.5. The van der Waals surface area contributed by atoms with Gasteiger partial charge in [0.1, 0.15) is 0 Å². The highest BCUT2D eigenvalue weighted by atomic mass is 32.2. The predicted molar refractivity (Wildman–Crippen MR) is 255 cm³/mol. The molecule has 2 unspecified atom stereocenters. The Bertz CT molecular complexity index is 1480. The fourth-order valence-corrected chi connectivity index (χ4v) is 14.5. The molecule has 0 radical (unpaired) electrons. The normalized spacial score (nSPS) is 24.0. The van der Waals surface area contributed by atoms with Gasteiger partial charge in [0.25, 0.3) is 0 Å². The topological polar surface area (TPSA) is 105 Å². The van der Waals surface area contributed by atoms with Crippen molar-refractivity contribution in [3.8, 4) is 0 Å². The van der Waals surface area contributed by atoms with Crippen molar-refractivity contribution >= 4 is 43.4 Å². The van der Waals surface area contributed by atoms with Crippen molar-refractivity contribution in [2.45, 2.75) is 229 Å². The van der Waals surface area contributed by atoms with Gasteiger partial charge in [-0.05, 0) is 167 Å². The van der Waals surface area contributed by atoms with Gasteiger partial charge in [-0.2, -0.15) is 8.61 Å². The molecule has 4 aliphatic rings. The maximum atomic E-state index is 12.5. The van der Waals surface area contributed by atoms with E-state index in [-0.39, 0.29) is 60.6 Å². The van der Waals surface area contributed by atoms with Crippen molar-refractivity contribution < 1.29 is 21.6 Å². The second kappa shape index (κ2) is 18.5. The smallest absolute Gasteiger partial charge is 0.320 e. The summed E-state index contributed by atoms with van der Waals surface area (Å²) in [6.07, 6.45) is 2.51. The van der Waals surface area contributed by atoms with E-state index < -0.39 is 20.0 Å². The van der Waals surface area contributed by atoms with Crippen LogP contribution in [-0.4, -0.2) is 139 Å². The molecule has 4 aliphatic heterocycles. The molecule has 0 spiro atoms. The third-order valence-corrected chi connectivity index (χ3v) is 17.9. The largest absolute Gasteiger partial charge is 0.343 e. The number of carbonyl (C=O) groups excluding carboxylic acids is 1. The van der Waals surface area contributed by atoms with Gasteiger partial charge in [0, 0.05) is 72.5 Å². The van der Waals surface area contributed by atoms with Crippen LogP contribution in [0.4, 0.5) is 4.79 Å². The van der Waals surface area contributed by atoms with E-state index in [1.165, 1.54) is 0 Å². The van der Waals surface area contributed by atoms with Gasteiger partial charge in [0.2, 0.25) is 20.0 Å². The minimum absolute atomic E-state index is 0.0584. The molecule has 2 atom stereocenters. The van der Waals surface area contributed by atoms with Gasteiger partial charge in [-0.1, -0.05) is 41.5 Å². The molecule has 59 heavy (non-hydrogen) atoms. The van der Waals surface area contributed by atoms with Crippen molar-refractivity contribution in [3.63, 3.8) is 0 Å². The van der Waals surface area contributed by atoms with E-state index in [0.29, 0.717) is 13.1 Å². The summed E-state index contributed by atoms with van der Waals surface area (Å²) in [6, 6.07) is 0.171. The van der Waals surface area contributed by atoms with Crippen molar-refractivity contribution in [3.05, 3.63) is 0 Å². The van der Waals surface area contributed by atoms with Gasteiger partial charge >= 0.3 is 6.03 Å². The highest BCUT2D eigenvalue weighted by molar-refractivity contribution is 7.90. The lowest BCUT2D eigenvalue weighted by Gasteiger charge is -2.44. The Morgan fingerprint density at radius 1 is 0.407 bits per heavy atom. The van der Waals surface area contributed by atoms with E-state index in [9.17, 15) is 21.6 Å². The first-order valence-electron chi connectivity index (χ1n) is 21.9. The zero-order valence-corrected chi connectivity index (χ0v) is 44.9. The molecular weight excluding hydrogens is 801 g/mol. The highest BCUT2D eigenvalue weighted by Gasteiger charge is 2.49. The van der Waals surface area contributed by atoms with Crippen LogP contribution in [0.2, 0.25) is 0 Å². The fourth-order valence-electron chi connectivity index (χ4n) is 8.27. The van der Waals surface area contributed by atoms with Crippen LogP contribution < -0.4 is 0 Å². The number of urea groups is 1. The van der Waals surface area contributed by atoms with Crippen molar-refractivity contribution in [1.82, 2.24) is 28.2 Å². The number of hydrogen-bond acceptors (Lipinski definition) is 6. The van der Waals surface area contributed by atoms with Crippen LogP contribution in [0.5, 0.6) is 0 Å². The number of hydrogen-bond donors (Lipinski definition) is 0. The molecule has 11 nitrogen and oxygen atoms in total. The van der Waals surface area contributed by atoms with Crippen molar-refractivity contribution in [2.24, 2.45) is 10.8 Å². The lowest BCUT2D eigenvalue weighted by Crippen LogP contribution is -2.55. The van der Waals surface area contributed by atoms with Gasteiger partial charge in [-0.25, -0.2) is 21.6 Å². The molecule has 2 amide bonds. The number of carbonyl (C=O) groups is 1. The first kappa shape index (κ1) is 55.8.